The van der Waals surface area contributed by atoms with E-state index < -0.39 is 17.6 Å². The van der Waals surface area contributed by atoms with Crippen molar-refractivity contribution in [2.45, 2.75) is 70.6 Å². The molecule has 1 aliphatic carbocycles. The summed E-state index contributed by atoms with van der Waals surface area (Å²) >= 11 is 0. The van der Waals surface area contributed by atoms with Crippen LogP contribution < -0.4 is 4.90 Å². The molecule has 1 aromatic heterocycles. The lowest BCUT2D eigenvalue weighted by atomic mass is 9.58. The van der Waals surface area contributed by atoms with Crippen LogP contribution >= 0.6 is 0 Å². The van der Waals surface area contributed by atoms with E-state index in [9.17, 15) is 22.8 Å². The monoisotopic (exact) mass is 644 g/mol. The first-order valence-electron chi connectivity index (χ1n) is 16.3. The maximum Gasteiger partial charge on any atom is 0.416 e. The van der Waals surface area contributed by atoms with Crippen LogP contribution in [0.4, 0.5) is 18.9 Å². The summed E-state index contributed by atoms with van der Waals surface area (Å²) in [6.45, 7) is 8.21. The van der Waals surface area contributed by atoms with Crippen molar-refractivity contribution in [2.75, 3.05) is 31.1 Å². The topological polar surface area (TPSA) is 74.6 Å². The van der Waals surface area contributed by atoms with E-state index in [0.717, 1.165) is 37.1 Å². The van der Waals surface area contributed by atoms with E-state index in [-0.39, 0.29) is 40.5 Å². The van der Waals surface area contributed by atoms with Crippen LogP contribution in [-0.2, 0) is 30.0 Å². The Morgan fingerprint density at radius 1 is 1.11 bits per heavy atom. The fourth-order valence-electron chi connectivity index (χ4n) is 8.64. The number of carbonyl (C=O) groups excluding carboxylic acids is 2. The van der Waals surface area contributed by atoms with Crippen LogP contribution in [0, 0.1) is 23.2 Å². The molecule has 47 heavy (non-hydrogen) atoms. The van der Waals surface area contributed by atoms with Crippen molar-refractivity contribution in [2.24, 2.45) is 18.4 Å². The van der Waals surface area contributed by atoms with E-state index >= 15 is 0 Å². The summed E-state index contributed by atoms with van der Waals surface area (Å²) in [5, 5.41) is 8.51. The van der Waals surface area contributed by atoms with E-state index in [1.54, 1.807) is 30.3 Å². The molecule has 3 aromatic rings. The highest BCUT2D eigenvalue weighted by molar-refractivity contribution is 6.10. The van der Waals surface area contributed by atoms with Gasteiger partial charge in [-0.25, -0.2) is 0 Å². The first-order chi connectivity index (χ1) is 22.3. The lowest BCUT2D eigenvalue weighted by Gasteiger charge is -2.46. The molecule has 1 spiro atoms. The Labute approximate surface area is 272 Å². The summed E-state index contributed by atoms with van der Waals surface area (Å²) in [6, 6.07) is 10.2. The van der Waals surface area contributed by atoms with Gasteiger partial charge in [-0.2, -0.15) is 13.2 Å². The largest absolute Gasteiger partial charge is 0.416 e. The Kier molecular flexibility index (Phi) is 7.50. The maximum absolute atomic E-state index is 14.6. The number of fused-ring (bicyclic) bond motifs is 1. The van der Waals surface area contributed by atoms with E-state index in [1.165, 1.54) is 11.0 Å². The lowest BCUT2D eigenvalue weighted by Crippen LogP contribution is -2.43. The van der Waals surface area contributed by atoms with Crippen molar-refractivity contribution in [1.29, 1.82) is 0 Å². The SMILES string of the molecule is CC#CC(=O)N1CC[C@]2(CCN([C@H](C)c3cc4c(c(C(F)(F)F)c3)CN(c3cccc(C5(c6nncn6C)CC(C)C5)c3)C4=O)C2)C1. The molecule has 246 valence electrons. The smallest absolute Gasteiger partial charge is 0.331 e. The third kappa shape index (κ3) is 5.21. The molecule has 8 nitrogen and oxygen atoms in total. The minimum atomic E-state index is -4.62. The van der Waals surface area contributed by atoms with Crippen molar-refractivity contribution in [3.05, 3.63) is 76.4 Å². The van der Waals surface area contributed by atoms with Gasteiger partial charge < -0.3 is 14.4 Å². The van der Waals surface area contributed by atoms with Crippen LogP contribution in [0.5, 0.6) is 0 Å². The van der Waals surface area contributed by atoms with E-state index in [1.807, 2.05) is 36.7 Å². The molecular weight excluding hydrogens is 605 g/mol. The van der Waals surface area contributed by atoms with Gasteiger partial charge in [0.25, 0.3) is 11.8 Å². The molecule has 2 saturated heterocycles. The minimum absolute atomic E-state index is 0.0176. The molecular formula is C36H39F3N6O2. The Balaban J connectivity index is 1.17. The van der Waals surface area contributed by atoms with Gasteiger partial charge in [0.05, 0.1) is 17.5 Å². The predicted octanol–water partition coefficient (Wildman–Crippen LogP) is 5.72. The summed E-state index contributed by atoms with van der Waals surface area (Å²) in [4.78, 5) is 31.8. The number of hydrogen-bond donors (Lipinski definition) is 0. The van der Waals surface area contributed by atoms with Gasteiger partial charge in [0.15, 0.2) is 0 Å². The number of carbonyl (C=O) groups is 2. The molecule has 4 heterocycles. The third-order valence-corrected chi connectivity index (χ3v) is 11.1. The van der Waals surface area contributed by atoms with Gasteiger partial charge in [-0.05, 0) is 98.9 Å². The van der Waals surface area contributed by atoms with Gasteiger partial charge in [0.2, 0.25) is 0 Å². The van der Waals surface area contributed by atoms with Gasteiger partial charge in [-0.3, -0.25) is 14.5 Å². The van der Waals surface area contributed by atoms with E-state index in [4.69, 9.17) is 0 Å². The predicted molar refractivity (Wildman–Crippen MR) is 170 cm³/mol. The van der Waals surface area contributed by atoms with Crippen LogP contribution in [0.15, 0.2) is 42.7 Å². The molecule has 0 bridgehead atoms. The zero-order valence-corrected chi connectivity index (χ0v) is 27.2. The zero-order valence-electron chi connectivity index (χ0n) is 27.2. The number of benzene rings is 2. The van der Waals surface area contributed by atoms with Gasteiger partial charge in [-0.15, -0.1) is 10.2 Å². The fraction of sp³-hybridized carbons (Fsp3) is 0.500. The van der Waals surface area contributed by atoms with Gasteiger partial charge in [0.1, 0.15) is 12.2 Å². The zero-order chi connectivity index (χ0) is 33.3. The van der Waals surface area contributed by atoms with Crippen molar-refractivity contribution in [1.82, 2.24) is 24.6 Å². The number of aryl methyl sites for hydroxylation is 1. The molecule has 0 unspecified atom stereocenters. The fourth-order valence-corrected chi connectivity index (χ4v) is 8.64. The molecule has 2 atom stereocenters. The molecule has 3 aliphatic heterocycles. The second kappa shape index (κ2) is 11.2. The Morgan fingerprint density at radius 3 is 2.55 bits per heavy atom. The summed E-state index contributed by atoms with van der Waals surface area (Å²) in [7, 11) is 1.91. The normalized spacial score (nSPS) is 26.4. The molecule has 0 radical (unpaired) electrons. The Hall–Kier alpha value is -4.17. The lowest BCUT2D eigenvalue weighted by molar-refractivity contribution is -0.138. The van der Waals surface area contributed by atoms with Crippen LogP contribution in [0.1, 0.15) is 90.9 Å². The minimum Gasteiger partial charge on any atom is -0.331 e. The van der Waals surface area contributed by atoms with Crippen molar-refractivity contribution < 1.29 is 22.8 Å². The second-order valence-corrected chi connectivity index (χ2v) is 14.1. The summed E-state index contributed by atoms with van der Waals surface area (Å²) in [6.07, 6.45) is 0.499. The molecule has 2 amide bonds. The number of anilines is 1. The Bertz CT molecular complexity index is 1820. The molecule has 2 aromatic carbocycles. The second-order valence-electron chi connectivity index (χ2n) is 14.1. The quantitative estimate of drug-likeness (QED) is 0.333. The molecule has 3 fully saturated rings. The first kappa shape index (κ1) is 31.4. The van der Waals surface area contributed by atoms with E-state index in [0.29, 0.717) is 43.3 Å². The van der Waals surface area contributed by atoms with E-state index in [2.05, 4.69) is 33.9 Å². The summed E-state index contributed by atoms with van der Waals surface area (Å²) in [5.74, 6) is 6.02. The molecule has 7 rings (SSSR count). The van der Waals surface area contributed by atoms with Crippen molar-refractivity contribution in [3.63, 3.8) is 0 Å². The molecule has 4 aliphatic rings. The first-order valence-corrected chi connectivity index (χ1v) is 16.3. The molecule has 1 saturated carbocycles. The number of amides is 2. The average Bonchev–Trinajstić information content (AvgIpc) is 3.82. The summed E-state index contributed by atoms with van der Waals surface area (Å²) in [5.41, 5.74) is 0.942. The number of likely N-dealkylation sites (tertiary alicyclic amines) is 2. The van der Waals surface area contributed by atoms with Gasteiger partial charge in [-0.1, -0.05) is 25.0 Å². The van der Waals surface area contributed by atoms with Crippen molar-refractivity contribution in [3.8, 4) is 11.8 Å². The van der Waals surface area contributed by atoms with Crippen LogP contribution in [0.2, 0.25) is 0 Å². The maximum atomic E-state index is 14.6. The number of halogens is 3. The highest BCUT2D eigenvalue weighted by atomic mass is 19.4. The van der Waals surface area contributed by atoms with Crippen LogP contribution in [-0.4, -0.2) is 62.6 Å². The van der Waals surface area contributed by atoms with Gasteiger partial charge >= 0.3 is 6.18 Å². The number of nitrogens with zero attached hydrogens (tertiary/aromatic N) is 6. The Morgan fingerprint density at radius 2 is 1.87 bits per heavy atom. The van der Waals surface area contributed by atoms with Gasteiger partial charge in [0, 0.05) is 49.4 Å². The number of rotatable bonds is 5. The van der Waals surface area contributed by atoms with Crippen LogP contribution in [0.3, 0.4) is 0 Å². The third-order valence-electron chi connectivity index (χ3n) is 11.1. The number of alkyl halides is 3. The average molecular weight is 645 g/mol. The standard InChI is InChI=1S/C36H39F3N6O2/c1-5-7-31(46)44-13-11-34(21-44)10-12-43(20-34)24(3)25-14-28-29(30(15-25)36(37,38)39)19-45(32(28)47)27-9-6-8-26(16-27)35(17-23(2)18-35)33-41-40-22-42(33)4/h6,8-9,14-16,22-24H,10-13,17-21H2,1-4H3/t23?,24-,34+,35?/m1/s1. The highest BCUT2D eigenvalue weighted by Gasteiger charge is 2.49. The highest BCUT2D eigenvalue weighted by Crippen LogP contribution is 2.52. The van der Waals surface area contributed by atoms with Crippen LogP contribution in [0.25, 0.3) is 0 Å². The number of aromatic nitrogens is 3. The van der Waals surface area contributed by atoms with Crippen molar-refractivity contribution >= 4 is 17.5 Å². The molecule has 0 N–H and O–H groups in total. The summed E-state index contributed by atoms with van der Waals surface area (Å²) < 4.78 is 45.8. The number of hydrogen-bond acceptors (Lipinski definition) is 5. The molecule has 11 heteroatoms.